The van der Waals surface area contributed by atoms with Gasteiger partial charge in [-0.15, -0.1) is 0 Å². The third-order valence-electron chi connectivity index (χ3n) is 3.85. The quantitative estimate of drug-likeness (QED) is 0.619. The number of rotatable bonds is 6. The van der Waals surface area contributed by atoms with Crippen LogP contribution < -0.4 is 9.54 Å². The van der Waals surface area contributed by atoms with Crippen LogP contribution in [0.3, 0.4) is 0 Å². The molecule has 3 rings (SSSR count). The molecule has 5 nitrogen and oxygen atoms in total. The number of hydrogen-bond acceptors (Lipinski definition) is 4. The number of para-hydroxylation sites is 1. The van der Waals surface area contributed by atoms with Crippen LogP contribution in [0.1, 0.15) is 17.3 Å². The minimum Gasteiger partial charge on any atom is -0.497 e. The van der Waals surface area contributed by atoms with Gasteiger partial charge >= 0.3 is 0 Å². The van der Waals surface area contributed by atoms with Crippen molar-refractivity contribution in [3.63, 3.8) is 0 Å². The number of carbonyl (C=O) groups is 1. The number of aromatic nitrogens is 1. The molecule has 0 saturated heterocycles. The lowest BCUT2D eigenvalue weighted by Crippen LogP contribution is -2.20. The zero-order valence-electron chi connectivity index (χ0n) is 14.6. The van der Waals surface area contributed by atoms with Crippen molar-refractivity contribution in [1.82, 2.24) is 4.57 Å². The van der Waals surface area contributed by atoms with Gasteiger partial charge in [0.25, 0.3) is 5.91 Å². The van der Waals surface area contributed by atoms with E-state index in [1.54, 1.807) is 42.0 Å². The molecule has 1 amide bonds. The van der Waals surface area contributed by atoms with Crippen molar-refractivity contribution in [3.8, 4) is 5.75 Å². The van der Waals surface area contributed by atoms with E-state index in [-0.39, 0.29) is 11.7 Å². The van der Waals surface area contributed by atoms with E-state index in [4.69, 9.17) is 9.47 Å². The highest BCUT2D eigenvalue weighted by molar-refractivity contribution is 7.16. The molecule has 3 aromatic rings. The van der Waals surface area contributed by atoms with E-state index in [1.165, 1.54) is 17.4 Å². The highest BCUT2D eigenvalue weighted by Crippen LogP contribution is 2.20. The predicted octanol–water partition coefficient (Wildman–Crippen LogP) is 3.63. The van der Waals surface area contributed by atoms with E-state index in [1.807, 2.05) is 13.0 Å². The molecule has 0 atom stereocenters. The monoisotopic (exact) mass is 374 g/mol. The summed E-state index contributed by atoms with van der Waals surface area (Å²) in [5.74, 6) is -0.0596. The Morgan fingerprint density at radius 1 is 1.23 bits per heavy atom. The van der Waals surface area contributed by atoms with E-state index >= 15 is 0 Å². The minimum atomic E-state index is -0.384. The Morgan fingerprint density at radius 3 is 2.69 bits per heavy atom. The SMILES string of the molecule is CCOCCn1c(=NC(=O)c2ccc(OC)cc2)sc2cccc(F)c21. The fraction of sp³-hybridized carbons (Fsp3) is 0.263. The molecule has 1 heterocycles. The molecule has 0 bridgehead atoms. The zero-order chi connectivity index (χ0) is 18.5. The third-order valence-corrected chi connectivity index (χ3v) is 4.89. The van der Waals surface area contributed by atoms with Crippen LogP contribution in [-0.4, -0.2) is 30.8 Å². The summed E-state index contributed by atoms with van der Waals surface area (Å²) in [6, 6.07) is 11.6. The second kappa shape index (κ2) is 8.25. The maximum atomic E-state index is 14.3. The second-order valence-corrected chi connectivity index (χ2v) is 6.47. The molecule has 0 N–H and O–H groups in total. The van der Waals surface area contributed by atoms with Crippen molar-refractivity contribution in [1.29, 1.82) is 0 Å². The van der Waals surface area contributed by atoms with Gasteiger partial charge in [-0.05, 0) is 43.3 Å². The largest absolute Gasteiger partial charge is 0.497 e. The Labute approximate surface area is 154 Å². The van der Waals surface area contributed by atoms with Crippen molar-refractivity contribution in [2.75, 3.05) is 20.3 Å². The Kier molecular flexibility index (Phi) is 5.80. The summed E-state index contributed by atoms with van der Waals surface area (Å²) in [6.45, 7) is 3.31. The number of amides is 1. The summed E-state index contributed by atoms with van der Waals surface area (Å²) in [6.07, 6.45) is 0. The van der Waals surface area contributed by atoms with Crippen LogP contribution in [0.2, 0.25) is 0 Å². The molecule has 0 unspecified atom stereocenters. The average Bonchev–Trinajstić information content (AvgIpc) is 3.00. The number of carbonyl (C=O) groups excluding carboxylic acids is 1. The van der Waals surface area contributed by atoms with Gasteiger partial charge in [-0.25, -0.2) is 4.39 Å². The van der Waals surface area contributed by atoms with Gasteiger partial charge < -0.3 is 14.0 Å². The molecule has 2 aromatic carbocycles. The van der Waals surface area contributed by atoms with Gasteiger partial charge in [0.05, 0.1) is 23.9 Å². The van der Waals surface area contributed by atoms with Gasteiger partial charge in [0.1, 0.15) is 11.6 Å². The first kappa shape index (κ1) is 18.3. The Hall–Kier alpha value is -2.51. The average molecular weight is 374 g/mol. The summed E-state index contributed by atoms with van der Waals surface area (Å²) >= 11 is 1.28. The third kappa shape index (κ3) is 3.84. The zero-order valence-corrected chi connectivity index (χ0v) is 15.4. The van der Waals surface area contributed by atoms with Crippen LogP contribution >= 0.6 is 11.3 Å². The van der Waals surface area contributed by atoms with Gasteiger partial charge in [0.2, 0.25) is 0 Å². The fourth-order valence-electron chi connectivity index (χ4n) is 2.56. The van der Waals surface area contributed by atoms with Crippen molar-refractivity contribution in [2.45, 2.75) is 13.5 Å². The molecule has 0 aliphatic carbocycles. The number of methoxy groups -OCH3 is 1. The Morgan fingerprint density at radius 2 is 2.00 bits per heavy atom. The van der Waals surface area contributed by atoms with E-state index in [0.29, 0.717) is 41.4 Å². The lowest BCUT2D eigenvalue weighted by atomic mass is 10.2. The molecule has 7 heteroatoms. The molecule has 0 fully saturated rings. The topological polar surface area (TPSA) is 52.8 Å². The van der Waals surface area contributed by atoms with Crippen LogP contribution in [0.15, 0.2) is 47.5 Å². The lowest BCUT2D eigenvalue weighted by molar-refractivity contribution is 0.0996. The van der Waals surface area contributed by atoms with E-state index in [9.17, 15) is 9.18 Å². The number of halogens is 1. The highest BCUT2D eigenvalue weighted by Gasteiger charge is 2.12. The van der Waals surface area contributed by atoms with Crippen molar-refractivity contribution in [3.05, 3.63) is 58.6 Å². The molecule has 26 heavy (non-hydrogen) atoms. The summed E-state index contributed by atoms with van der Waals surface area (Å²) in [5, 5.41) is 0. The molecule has 0 aliphatic rings. The standard InChI is InChI=1S/C19H19FN2O3S/c1-3-25-12-11-22-17-15(20)5-4-6-16(17)26-19(22)21-18(23)13-7-9-14(24-2)10-8-13/h4-10H,3,11-12H2,1-2H3. The van der Waals surface area contributed by atoms with Crippen molar-refractivity contribution in [2.24, 2.45) is 4.99 Å². The number of ether oxygens (including phenoxy) is 2. The van der Waals surface area contributed by atoms with Crippen LogP contribution in [0, 0.1) is 5.82 Å². The van der Waals surface area contributed by atoms with Crippen LogP contribution in [0.25, 0.3) is 10.2 Å². The van der Waals surface area contributed by atoms with Crippen LogP contribution in [0.4, 0.5) is 4.39 Å². The first-order valence-corrected chi connectivity index (χ1v) is 9.04. The van der Waals surface area contributed by atoms with Gasteiger partial charge in [-0.2, -0.15) is 4.99 Å². The van der Waals surface area contributed by atoms with Crippen LogP contribution in [0.5, 0.6) is 5.75 Å². The molecule has 0 aliphatic heterocycles. The van der Waals surface area contributed by atoms with Gasteiger partial charge in [0.15, 0.2) is 4.80 Å². The molecule has 0 saturated carbocycles. The van der Waals surface area contributed by atoms with Gasteiger partial charge in [-0.3, -0.25) is 4.79 Å². The summed E-state index contributed by atoms with van der Waals surface area (Å²) in [4.78, 5) is 17.2. The number of fused-ring (bicyclic) bond motifs is 1. The summed E-state index contributed by atoms with van der Waals surface area (Å²) in [7, 11) is 1.56. The van der Waals surface area contributed by atoms with Gasteiger partial charge in [-0.1, -0.05) is 17.4 Å². The molecule has 0 spiro atoms. The summed E-state index contributed by atoms with van der Waals surface area (Å²) in [5.41, 5.74) is 0.888. The first-order valence-electron chi connectivity index (χ1n) is 8.22. The van der Waals surface area contributed by atoms with E-state index in [0.717, 1.165) is 4.70 Å². The molecule has 1 aromatic heterocycles. The molecular weight excluding hydrogens is 355 g/mol. The van der Waals surface area contributed by atoms with Crippen LogP contribution in [-0.2, 0) is 11.3 Å². The number of nitrogens with zero attached hydrogens (tertiary/aromatic N) is 2. The number of thiazole rings is 1. The fourth-order valence-corrected chi connectivity index (χ4v) is 3.63. The van der Waals surface area contributed by atoms with E-state index in [2.05, 4.69) is 4.99 Å². The van der Waals surface area contributed by atoms with Gasteiger partial charge in [0, 0.05) is 18.7 Å². The minimum absolute atomic E-state index is 0.339. The second-order valence-electron chi connectivity index (χ2n) is 5.47. The number of hydrogen-bond donors (Lipinski definition) is 0. The normalized spacial score (nSPS) is 11.9. The molecule has 0 radical (unpaired) electrons. The smallest absolute Gasteiger partial charge is 0.279 e. The Bertz CT molecular complexity index is 977. The molecular formula is C19H19FN2O3S. The Balaban J connectivity index is 2.04. The highest BCUT2D eigenvalue weighted by atomic mass is 32.1. The predicted molar refractivity (Wildman–Crippen MR) is 99.2 cm³/mol. The number of benzene rings is 2. The maximum Gasteiger partial charge on any atom is 0.279 e. The maximum absolute atomic E-state index is 14.3. The van der Waals surface area contributed by atoms with Crippen molar-refractivity contribution >= 4 is 27.5 Å². The lowest BCUT2D eigenvalue weighted by Gasteiger charge is -2.06. The summed E-state index contributed by atoms with van der Waals surface area (Å²) < 4.78 is 27.2. The van der Waals surface area contributed by atoms with Crippen molar-refractivity contribution < 1.29 is 18.7 Å². The molecule has 136 valence electrons. The first-order chi connectivity index (χ1) is 12.6. The van der Waals surface area contributed by atoms with E-state index < -0.39 is 0 Å².